The van der Waals surface area contributed by atoms with E-state index in [0.717, 1.165) is 6.07 Å². The molecule has 1 N–H and O–H groups in total. The first kappa shape index (κ1) is 19.8. The van der Waals surface area contributed by atoms with Gasteiger partial charge in [0.05, 0.1) is 18.1 Å². The first-order valence-corrected chi connectivity index (χ1v) is 8.55. The largest absolute Gasteiger partial charge is 0.444 e. The summed E-state index contributed by atoms with van der Waals surface area (Å²) in [6.07, 6.45) is -5.71. The molecular weight excluding hydrogens is 369 g/mol. The van der Waals surface area contributed by atoms with Crippen LogP contribution in [-0.4, -0.2) is 40.9 Å². The van der Waals surface area contributed by atoms with Gasteiger partial charge in [-0.2, -0.15) is 13.2 Å². The SMILES string of the molecule is CC[N+](CC)(CC(O)c1c(Cl)ccc(F)c1Cl)C1(C(F)(F)F)CC1. The maximum Gasteiger partial charge on any atom is 0.444 e. The van der Waals surface area contributed by atoms with Gasteiger partial charge in [-0.1, -0.05) is 23.2 Å². The van der Waals surface area contributed by atoms with Crippen molar-refractivity contribution in [1.82, 2.24) is 0 Å². The van der Waals surface area contributed by atoms with Crippen molar-refractivity contribution in [3.63, 3.8) is 0 Å². The molecule has 1 aliphatic carbocycles. The molecule has 1 aromatic carbocycles. The van der Waals surface area contributed by atoms with Crippen LogP contribution in [0.1, 0.15) is 38.4 Å². The van der Waals surface area contributed by atoms with Gasteiger partial charge in [0, 0.05) is 23.4 Å². The Morgan fingerprint density at radius 2 is 1.75 bits per heavy atom. The number of halogens is 6. The normalized spacial score (nSPS) is 18.5. The van der Waals surface area contributed by atoms with Gasteiger partial charge >= 0.3 is 6.18 Å². The number of hydrogen-bond acceptors (Lipinski definition) is 1. The Balaban J connectivity index is 2.41. The predicted molar refractivity (Wildman–Crippen MR) is 85.6 cm³/mol. The van der Waals surface area contributed by atoms with E-state index in [4.69, 9.17) is 23.2 Å². The van der Waals surface area contributed by atoms with Crippen LogP contribution in [0.5, 0.6) is 0 Å². The predicted octanol–water partition coefficient (Wildman–Crippen LogP) is 5.12. The van der Waals surface area contributed by atoms with Crippen molar-refractivity contribution >= 4 is 23.2 Å². The third kappa shape index (κ3) is 3.02. The van der Waals surface area contributed by atoms with Gasteiger partial charge in [0.2, 0.25) is 0 Å². The summed E-state index contributed by atoms with van der Waals surface area (Å²) in [7, 11) is 0. The molecule has 0 spiro atoms. The Labute approximate surface area is 148 Å². The number of quaternary nitrogens is 1. The number of hydrogen-bond donors (Lipinski definition) is 1. The Morgan fingerprint density at radius 3 is 2.17 bits per heavy atom. The molecule has 24 heavy (non-hydrogen) atoms. The Bertz CT molecular complexity index is 613. The van der Waals surface area contributed by atoms with E-state index in [2.05, 4.69) is 0 Å². The highest BCUT2D eigenvalue weighted by molar-refractivity contribution is 6.36. The maximum atomic E-state index is 13.7. The lowest BCUT2D eigenvalue weighted by molar-refractivity contribution is -0.973. The summed E-state index contributed by atoms with van der Waals surface area (Å²) in [4.78, 5) is 0. The van der Waals surface area contributed by atoms with E-state index in [1.54, 1.807) is 13.8 Å². The maximum absolute atomic E-state index is 13.7. The van der Waals surface area contributed by atoms with Crippen LogP contribution in [0.25, 0.3) is 0 Å². The third-order valence-electron chi connectivity index (χ3n) is 5.31. The van der Waals surface area contributed by atoms with Crippen molar-refractivity contribution in [2.24, 2.45) is 0 Å². The summed E-state index contributed by atoms with van der Waals surface area (Å²) >= 11 is 11.9. The van der Waals surface area contributed by atoms with E-state index in [0.29, 0.717) is 0 Å². The Hall–Kier alpha value is -0.560. The van der Waals surface area contributed by atoms with Crippen LogP contribution in [0.4, 0.5) is 17.6 Å². The molecule has 2 nitrogen and oxygen atoms in total. The quantitative estimate of drug-likeness (QED) is 0.407. The number of alkyl halides is 3. The first-order valence-electron chi connectivity index (χ1n) is 7.79. The molecule has 136 valence electrons. The number of aliphatic hydroxyl groups excluding tert-OH is 1. The lowest BCUT2D eigenvalue weighted by atomic mass is 10.0. The lowest BCUT2D eigenvalue weighted by Gasteiger charge is -2.46. The molecule has 0 bridgehead atoms. The highest BCUT2D eigenvalue weighted by Crippen LogP contribution is 2.58. The van der Waals surface area contributed by atoms with Crippen molar-refractivity contribution in [3.05, 3.63) is 33.6 Å². The fourth-order valence-electron chi connectivity index (χ4n) is 3.68. The van der Waals surface area contributed by atoms with Gasteiger partial charge in [0.25, 0.3) is 0 Å². The topological polar surface area (TPSA) is 20.2 Å². The number of benzene rings is 1. The van der Waals surface area contributed by atoms with Crippen LogP contribution in [-0.2, 0) is 0 Å². The zero-order chi connectivity index (χ0) is 18.3. The standard InChI is InChI=1S/C16H20Cl2F4NO/c1-3-23(4-2,15(7-8-15)16(20,21)22)9-12(24)13-10(17)5-6-11(19)14(13)18/h5-6,12,24H,3-4,7-9H2,1-2H3/q+1. The minimum absolute atomic E-state index is 0.0233. The molecule has 0 aliphatic heterocycles. The van der Waals surface area contributed by atoms with Crippen molar-refractivity contribution < 1.29 is 27.2 Å². The van der Waals surface area contributed by atoms with Gasteiger partial charge in [-0.05, 0) is 26.0 Å². The second-order valence-electron chi connectivity index (χ2n) is 6.26. The van der Waals surface area contributed by atoms with Crippen molar-refractivity contribution in [1.29, 1.82) is 0 Å². The summed E-state index contributed by atoms with van der Waals surface area (Å²) in [5.74, 6) is -0.766. The van der Waals surface area contributed by atoms with Crippen LogP contribution >= 0.6 is 23.2 Å². The Morgan fingerprint density at radius 1 is 1.21 bits per heavy atom. The number of rotatable bonds is 6. The number of likely N-dealkylation sites (N-methyl/N-ethyl adjacent to an activating group) is 1. The molecule has 8 heteroatoms. The zero-order valence-electron chi connectivity index (χ0n) is 13.4. The fraction of sp³-hybridized carbons (Fsp3) is 0.625. The smallest absolute Gasteiger partial charge is 0.382 e. The second-order valence-corrected chi connectivity index (χ2v) is 7.05. The van der Waals surface area contributed by atoms with Crippen LogP contribution in [0.2, 0.25) is 10.0 Å². The van der Waals surface area contributed by atoms with Crippen molar-refractivity contribution in [3.8, 4) is 0 Å². The summed E-state index contributed by atoms with van der Waals surface area (Å²) < 4.78 is 54.2. The molecule has 1 unspecified atom stereocenters. The third-order valence-corrected chi connectivity index (χ3v) is 6.02. The van der Waals surface area contributed by atoms with Crippen LogP contribution < -0.4 is 0 Å². The zero-order valence-corrected chi connectivity index (χ0v) is 14.9. The fourth-order valence-corrected chi connectivity index (χ4v) is 4.30. The lowest BCUT2D eigenvalue weighted by Crippen LogP contribution is -2.64. The Kier molecular flexibility index (Phi) is 5.46. The molecular formula is C16H20Cl2F4NO+. The van der Waals surface area contributed by atoms with Gasteiger partial charge < -0.3 is 9.59 Å². The average Bonchev–Trinajstić information content (AvgIpc) is 3.31. The summed E-state index contributed by atoms with van der Waals surface area (Å²) in [6, 6.07) is 2.30. The minimum Gasteiger partial charge on any atom is -0.382 e. The molecule has 1 fully saturated rings. The monoisotopic (exact) mass is 388 g/mol. The highest BCUT2D eigenvalue weighted by atomic mass is 35.5. The van der Waals surface area contributed by atoms with E-state index in [1.165, 1.54) is 6.07 Å². The van der Waals surface area contributed by atoms with E-state index < -0.39 is 23.6 Å². The van der Waals surface area contributed by atoms with Gasteiger partial charge in [-0.25, -0.2) is 4.39 Å². The van der Waals surface area contributed by atoms with Gasteiger partial charge in [-0.3, -0.25) is 0 Å². The number of nitrogens with zero attached hydrogens (tertiary/aromatic N) is 1. The average molecular weight is 389 g/mol. The molecule has 1 atom stereocenters. The first-order chi connectivity index (χ1) is 11.0. The van der Waals surface area contributed by atoms with Crippen molar-refractivity contribution in [2.75, 3.05) is 19.6 Å². The van der Waals surface area contributed by atoms with Crippen LogP contribution in [0, 0.1) is 5.82 Å². The van der Waals surface area contributed by atoms with Crippen LogP contribution in [0.15, 0.2) is 12.1 Å². The van der Waals surface area contributed by atoms with Crippen molar-refractivity contribution in [2.45, 2.75) is 44.5 Å². The van der Waals surface area contributed by atoms with E-state index in [9.17, 15) is 22.7 Å². The van der Waals surface area contributed by atoms with Gasteiger partial charge in [-0.15, -0.1) is 0 Å². The van der Waals surface area contributed by atoms with E-state index >= 15 is 0 Å². The second kappa shape index (κ2) is 6.63. The molecule has 1 aliphatic rings. The van der Waals surface area contributed by atoms with E-state index in [1.807, 2.05) is 0 Å². The number of aliphatic hydroxyl groups is 1. The molecule has 2 rings (SSSR count). The van der Waals surface area contributed by atoms with Crippen LogP contribution in [0.3, 0.4) is 0 Å². The molecule has 1 saturated carbocycles. The summed E-state index contributed by atoms with van der Waals surface area (Å²) in [5.41, 5.74) is -1.91. The van der Waals surface area contributed by atoms with Gasteiger partial charge in [0.1, 0.15) is 18.5 Å². The molecule has 1 aromatic rings. The highest BCUT2D eigenvalue weighted by Gasteiger charge is 2.75. The minimum atomic E-state index is -4.37. The molecule has 0 heterocycles. The summed E-state index contributed by atoms with van der Waals surface area (Å²) in [5, 5.41) is 10.2. The molecule has 0 saturated heterocycles. The molecule has 0 aromatic heterocycles. The van der Waals surface area contributed by atoms with E-state index in [-0.39, 0.29) is 52.6 Å². The molecule has 0 amide bonds. The molecule has 0 radical (unpaired) electrons. The summed E-state index contributed by atoms with van der Waals surface area (Å²) in [6.45, 7) is 3.48. The van der Waals surface area contributed by atoms with Gasteiger partial charge in [0.15, 0.2) is 5.54 Å².